The highest BCUT2D eigenvalue weighted by Gasteiger charge is 2.34. The fraction of sp³-hybridized carbons (Fsp3) is 0.455. The molecule has 82 valence electrons. The van der Waals surface area contributed by atoms with Crippen LogP contribution in [0.25, 0.3) is 0 Å². The van der Waals surface area contributed by atoms with Gasteiger partial charge in [-0.15, -0.1) is 23.2 Å². The van der Waals surface area contributed by atoms with Crippen LogP contribution in [0.15, 0.2) is 30.3 Å². The summed E-state index contributed by atoms with van der Waals surface area (Å²) in [6.07, 6.45) is 0.869. The summed E-state index contributed by atoms with van der Waals surface area (Å²) in [7, 11) is 0. The van der Waals surface area contributed by atoms with E-state index in [-0.39, 0.29) is 16.3 Å². The number of benzene rings is 1. The normalized spacial score (nSPS) is 31.7. The lowest BCUT2D eigenvalue weighted by molar-refractivity contribution is 0.559. The minimum atomic E-state index is -0.231. The summed E-state index contributed by atoms with van der Waals surface area (Å²) in [5.41, 5.74) is 0.872. The summed E-state index contributed by atoms with van der Waals surface area (Å²) in [4.78, 5) is 2.10. The molecule has 0 spiro atoms. The van der Waals surface area contributed by atoms with Gasteiger partial charge in [0.2, 0.25) is 0 Å². The first-order chi connectivity index (χ1) is 7.20. The smallest absolute Gasteiger partial charge is 0.122 e. The molecule has 1 heterocycles. The lowest BCUT2D eigenvalue weighted by atomic mass is 10.1. The summed E-state index contributed by atoms with van der Waals surface area (Å²) >= 11 is 18.5. The van der Waals surface area contributed by atoms with E-state index in [2.05, 4.69) is 4.90 Å². The molecule has 0 radical (unpaired) electrons. The van der Waals surface area contributed by atoms with Crippen molar-refractivity contribution in [1.82, 2.24) is 0 Å². The highest BCUT2D eigenvalue weighted by Crippen LogP contribution is 2.32. The average Bonchev–Trinajstić information content (AvgIpc) is 2.27. The molecule has 1 aliphatic heterocycles. The molecular formula is C11H12Cl3N. The zero-order valence-corrected chi connectivity index (χ0v) is 10.4. The quantitative estimate of drug-likeness (QED) is 0.552. The predicted octanol–water partition coefficient (Wildman–Crippen LogP) is 3.68. The van der Waals surface area contributed by atoms with E-state index in [1.807, 2.05) is 30.3 Å². The number of piperidine rings is 1. The maximum Gasteiger partial charge on any atom is 0.122 e. The van der Waals surface area contributed by atoms with Crippen LogP contribution in [0.1, 0.15) is 6.42 Å². The topological polar surface area (TPSA) is 3.24 Å². The molecule has 1 fully saturated rings. The van der Waals surface area contributed by atoms with Gasteiger partial charge in [-0.1, -0.05) is 29.8 Å². The first-order valence-electron chi connectivity index (χ1n) is 4.94. The zero-order valence-electron chi connectivity index (χ0n) is 8.11. The van der Waals surface area contributed by atoms with Crippen molar-refractivity contribution in [2.24, 2.45) is 0 Å². The molecule has 1 nitrogen and oxygen atoms in total. The Morgan fingerprint density at radius 2 is 1.73 bits per heavy atom. The highest BCUT2D eigenvalue weighted by atomic mass is 35.5. The van der Waals surface area contributed by atoms with Gasteiger partial charge < -0.3 is 4.90 Å². The van der Waals surface area contributed by atoms with Crippen molar-refractivity contribution in [3.05, 3.63) is 30.3 Å². The molecule has 0 aliphatic carbocycles. The van der Waals surface area contributed by atoms with Gasteiger partial charge in [0.25, 0.3) is 0 Å². The molecule has 0 amide bonds. The van der Waals surface area contributed by atoms with E-state index in [1.54, 1.807) is 0 Å². The molecule has 0 saturated carbocycles. The van der Waals surface area contributed by atoms with E-state index >= 15 is 0 Å². The summed E-state index contributed by atoms with van der Waals surface area (Å²) < 4.78 is 0. The van der Waals surface area contributed by atoms with Crippen molar-refractivity contribution in [2.45, 2.75) is 22.7 Å². The van der Waals surface area contributed by atoms with Crippen LogP contribution in [0.4, 0.5) is 5.69 Å². The number of alkyl halides is 3. The summed E-state index contributed by atoms with van der Waals surface area (Å²) in [5, 5.41) is -0.239. The second kappa shape index (κ2) is 4.82. The van der Waals surface area contributed by atoms with Crippen molar-refractivity contribution in [1.29, 1.82) is 0 Å². The molecule has 2 rings (SSSR count). The first-order valence-corrected chi connectivity index (χ1v) is 6.25. The van der Waals surface area contributed by atoms with Crippen LogP contribution in [-0.2, 0) is 0 Å². The molecule has 0 aromatic heterocycles. The van der Waals surface area contributed by atoms with Crippen molar-refractivity contribution >= 4 is 40.5 Å². The summed E-state index contributed by atoms with van der Waals surface area (Å²) in [5.74, 6) is 0. The van der Waals surface area contributed by atoms with E-state index in [4.69, 9.17) is 34.8 Å². The zero-order chi connectivity index (χ0) is 10.8. The number of para-hydroxylation sites is 1. The molecule has 4 heteroatoms. The van der Waals surface area contributed by atoms with Gasteiger partial charge in [-0.2, -0.15) is 0 Å². The van der Waals surface area contributed by atoms with Crippen LogP contribution in [0.5, 0.6) is 0 Å². The first kappa shape index (κ1) is 11.4. The van der Waals surface area contributed by atoms with E-state index in [9.17, 15) is 0 Å². The average molecular weight is 265 g/mol. The summed E-state index contributed by atoms with van der Waals surface area (Å²) in [6, 6.07) is 10.0. The maximum atomic E-state index is 6.27. The van der Waals surface area contributed by atoms with Gasteiger partial charge in [0.05, 0.1) is 10.8 Å². The third kappa shape index (κ3) is 2.35. The van der Waals surface area contributed by atoms with Gasteiger partial charge in [-0.3, -0.25) is 0 Å². The van der Waals surface area contributed by atoms with E-state index in [0.717, 1.165) is 18.7 Å². The van der Waals surface area contributed by atoms with Crippen molar-refractivity contribution in [3.8, 4) is 0 Å². The Labute approximate surface area is 105 Å². The molecular weight excluding hydrogens is 252 g/mol. The second-order valence-electron chi connectivity index (χ2n) is 3.65. The fourth-order valence-electron chi connectivity index (χ4n) is 1.78. The minimum Gasteiger partial charge on any atom is -0.354 e. The van der Waals surface area contributed by atoms with Gasteiger partial charge in [-0.05, 0) is 18.6 Å². The number of rotatable bonds is 1. The van der Waals surface area contributed by atoms with E-state index in [0.29, 0.717) is 0 Å². The maximum absolute atomic E-state index is 6.27. The molecule has 1 aliphatic rings. The summed E-state index contributed by atoms with van der Waals surface area (Å²) in [6.45, 7) is 0.857. The number of halogens is 3. The molecule has 1 aromatic rings. The fourth-order valence-corrected chi connectivity index (χ4v) is 2.74. The second-order valence-corrected chi connectivity index (χ2v) is 5.16. The predicted molar refractivity (Wildman–Crippen MR) is 67.3 cm³/mol. The number of anilines is 1. The van der Waals surface area contributed by atoms with Crippen LogP contribution in [0, 0.1) is 0 Å². The number of nitrogens with zero attached hydrogens (tertiary/aromatic N) is 1. The van der Waals surface area contributed by atoms with Crippen LogP contribution >= 0.6 is 34.8 Å². The monoisotopic (exact) mass is 263 g/mol. The van der Waals surface area contributed by atoms with Crippen LogP contribution < -0.4 is 4.90 Å². The Hall–Kier alpha value is -0.110. The Bertz CT molecular complexity index is 317. The van der Waals surface area contributed by atoms with Gasteiger partial charge in [-0.25, -0.2) is 0 Å². The molecule has 0 bridgehead atoms. The Balaban J connectivity index is 2.17. The number of hydrogen-bond acceptors (Lipinski definition) is 1. The van der Waals surface area contributed by atoms with Crippen LogP contribution in [-0.4, -0.2) is 22.8 Å². The lowest BCUT2D eigenvalue weighted by Gasteiger charge is -2.39. The van der Waals surface area contributed by atoms with Crippen LogP contribution in [0.2, 0.25) is 0 Å². The van der Waals surface area contributed by atoms with Crippen molar-refractivity contribution in [2.75, 3.05) is 11.4 Å². The largest absolute Gasteiger partial charge is 0.354 e. The molecule has 0 N–H and O–H groups in total. The Morgan fingerprint density at radius 1 is 1.07 bits per heavy atom. The van der Waals surface area contributed by atoms with Gasteiger partial charge in [0.15, 0.2) is 0 Å². The van der Waals surface area contributed by atoms with Gasteiger partial charge in [0, 0.05) is 12.2 Å². The third-order valence-electron chi connectivity index (χ3n) is 2.64. The lowest BCUT2D eigenvalue weighted by Crippen LogP contribution is -2.47. The molecule has 3 atom stereocenters. The van der Waals surface area contributed by atoms with E-state index in [1.165, 1.54) is 0 Å². The molecule has 3 unspecified atom stereocenters. The standard InChI is InChI=1S/C11H12Cl3N/c12-9-6-7-15(11(14)10(9)13)8-4-2-1-3-5-8/h1-5,9-11H,6-7H2. The van der Waals surface area contributed by atoms with Crippen LogP contribution in [0.3, 0.4) is 0 Å². The Kier molecular flexibility index (Phi) is 3.65. The van der Waals surface area contributed by atoms with Crippen molar-refractivity contribution in [3.63, 3.8) is 0 Å². The number of hydrogen-bond donors (Lipinski definition) is 0. The third-order valence-corrected chi connectivity index (χ3v) is 4.44. The van der Waals surface area contributed by atoms with Gasteiger partial charge >= 0.3 is 0 Å². The van der Waals surface area contributed by atoms with Crippen molar-refractivity contribution < 1.29 is 0 Å². The molecule has 1 aromatic carbocycles. The SMILES string of the molecule is ClC1CCN(c2ccccc2)C(Cl)C1Cl. The Morgan fingerprint density at radius 3 is 2.40 bits per heavy atom. The molecule has 1 saturated heterocycles. The molecule has 15 heavy (non-hydrogen) atoms. The van der Waals surface area contributed by atoms with Gasteiger partial charge in [0.1, 0.15) is 5.50 Å². The minimum absolute atomic E-state index is 0.0332. The highest BCUT2D eigenvalue weighted by molar-refractivity contribution is 6.35. The van der Waals surface area contributed by atoms with E-state index < -0.39 is 0 Å².